The van der Waals surface area contributed by atoms with E-state index in [0.29, 0.717) is 29.8 Å². The van der Waals surface area contributed by atoms with Gasteiger partial charge in [-0.15, -0.1) is 0 Å². The Labute approximate surface area is 93.0 Å². The van der Waals surface area contributed by atoms with E-state index in [-0.39, 0.29) is 5.91 Å². The molecule has 1 aliphatic carbocycles. The summed E-state index contributed by atoms with van der Waals surface area (Å²) in [5, 5.41) is 6.01. The molecule has 1 aliphatic rings. The first-order valence-electron chi connectivity index (χ1n) is 5.81. The van der Waals surface area contributed by atoms with E-state index < -0.39 is 0 Å². The van der Waals surface area contributed by atoms with Crippen molar-refractivity contribution in [2.75, 3.05) is 19.6 Å². The summed E-state index contributed by atoms with van der Waals surface area (Å²) in [6.45, 7) is 13.2. The average Bonchev–Trinajstić information content (AvgIpc) is 2.48. The number of amides is 1. The maximum Gasteiger partial charge on any atom is 0.233 e. The zero-order chi connectivity index (χ0) is 11.7. The molecule has 3 nitrogen and oxygen atoms in total. The topological polar surface area (TPSA) is 41.1 Å². The first-order chi connectivity index (χ1) is 6.84. The molecule has 88 valence electrons. The highest BCUT2D eigenvalue weighted by molar-refractivity contribution is 5.77. The molecule has 2 N–H and O–H groups in total. The molecule has 0 radical (unpaired) electrons. The molecule has 0 aromatic carbocycles. The van der Waals surface area contributed by atoms with Gasteiger partial charge in [0.25, 0.3) is 0 Å². The summed E-state index contributed by atoms with van der Waals surface area (Å²) < 4.78 is 0. The van der Waals surface area contributed by atoms with Gasteiger partial charge < -0.3 is 10.6 Å². The molecule has 1 fully saturated rings. The fourth-order valence-electron chi connectivity index (χ4n) is 2.43. The molecule has 0 spiro atoms. The SMILES string of the molecule is CCNC(=O)CNCC1C(C)(C)C1(C)C. The molecule has 1 rings (SSSR count). The summed E-state index contributed by atoms with van der Waals surface area (Å²) in [5.74, 6) is 0.771. The van der Waals surface area contributed by atoms with Crippen LogP contribution in [0.25, 0.3) is 0 Å². The van der Waals surface area contributed by atoms with Crippen LogP contribution in [0.15, 0.2) is 0 Å². The van der Waals surface area contributed by atoms with E-state index in [9.17, 15) is 4.79 Å². The Balaban J connectivity index is 2.21. The van der Waals surface area contributed by atoms with Gasteiger partial charge in [-0.25, -0.2) is 0 Å². The van der Waals surface area contributed by atoms with Crippen LogP contribution in [-0.4, -0.2) is 25.5 Å². The minimum absolute atomic E-state index is 0.0914. The number of likely N-dealkylation sites (N-methyl/N-ethyl adjacent to an activating group) is 1. The van der Waals surface area contributed by atoms with E-state index in [4.69, 9.17) is 0 Å². The average molecular weight is 212 g/mol. The maximum absolute atomic E-state index is 11.2. The summed E-state index contributed by atoms with van der Waals surface area (Å²) in [5.41, 5.74) is 0.808. The third kappa shape index (κ3) is 2.33. The van der Waals surface area contributed by atoms with Crippen LogP contribution in [0.4, 0.5) is 0 Å². The zero-order valence-corrected chi connectivity index (χ0v) is 10.6. The second kappa shape index (κ2) is 4.12. The molecule has 1 saturated carbocycles. The van der Waals surface area contributed by atoms with Gasteiger partial charge in [-0.3, -0.25) is 4.79 Å². The van der Waals surface area contributed by atoms with Crippen molar-refractivity contribution in [3.63, 3.8) is 0 Å². The lowest BCUT2D eigenvalue weighted by Crippen LogP contribution is -2.35. The van der Waals surface area contributed by atoms with E-state index in [1.54, 1.807) is 0 Å². The molecule has 0 saturated heterocycles. The number of hydrogen-bond acceptors (Lipinski definition) is 2. The van der Waals surface area contributed by atoms with Crippen LogP contribution >= 0.6 is 0 Å². The normalized spacial score (nSPS) is 22.5. The van der Waals surface area contributed by atoms with E-state index >= 15 is 0 Å². The maximum atomic E-state index is 11.2. The molecule has 1 amide bonds. The van der Waals surface area contributed by atoms with Gasteiger partial charge in [-0.05, 0) is 30.2 Å². The van der Waals surface area contributed by atoms with Crippen molar-refractivity contribution < 1.29 is 4.79 Å². The van der Waals surface area contributed by atoms with Gasteiger partial charge in [0.2, 0.25) is 5.91 Å². The lowest BCUT2D eigenvalue weighted by Gasteiger charge is -2.05. The fraction of sp³-hybridized carbons (Fsp3) is 0.917. The summed E-state index contributed by atoms with van der Waals surface area (Å²) in [4.78, 5) is 11.2. The molecule has 15 heavy (non-hydrogen) atoms. The van der Waals surface area contributed by atoms with Crippen LogP contribution < -0.4 is 10.6 Å². The van der Waals surface area contributed by atoms with Gasteiger partial charge in [0, 0.05) is 6.54 Å². The zero-order valence-electron chi connectivity index (χ0n) is 10.6. The second-order valence-electron chi connectivity index (χ2n) is 5.58. The van der Waals surface area contributed by atoms with Crippen molar-refractivity contribution in [3.8, 4) is 0 Å². The van der Waals surface area contributed by atoms with Crippen LogP contribution in [0.1, 0.15) is 34.6 Å². The van der Waals surface area contributed by atoms with Gasteiger partial charge >= 0.3 is 0 Å². The van der Waals surface area contributed by atoms with Crippen molar-refractivity contribution in [2.24, 2.45) is 16.7 Å². The van der Waals surface area contributed by atoms with E-state index in [1.165, 1.54) is 0 Å². The lowest BCUT2D eigenvalue weighted by atomic mass is 10.0. The summed E-state index contributed by atoms with van der Waals surface area (Å²) in [6.07, 6.45) is 0. The van der Waals surface area contributed by atoms with Crippen LogP contribution in [-0.2, 0) is 4.79 Å². The van der Waals surface area contributed by atoms with Crippen molar-refractivity contribution in [1.82, 2.24) is 10.6 Å². The molecule has 0 unspecified atom stereocenters. The van der Waals surface area contributed by atoms with Crippen molar-refractivity contribution in [1.29, 1.82) is 0 Å². The van der Waals surface area contributed by atoms with E-state index in [0.717, 1.165) is 6.54 Å². The van der Waals surface area contributed by atoms with Gasteiger partial charge in [0.15, 0.2) is 0 Å². The van der Waals surface area contributed by atoms with Gasteiger partial charge in [-0.2, -0.15) is 0 Å². The minimum atomic E-state index is 0.0914. The van der Waals surface area contributed by atoms with Gasteiger partial charge in [-0.1, -0.05) is 27.7 Å². The number of rotatable bonds is 5. The van der Waals surface area contributed by atoms with Crippen LogP contribution in [0.2, 0.25) is 0 Å². The third-order valence-corrected chi connectivity index (χ3v) is 4.33. The first kappa shape index (κ1) is 12.5. The second-order valence-corrected chi connectivity index (χ2v) is 5.58. The van der Waals surface area contributed by atoms with Crippen LogP contribution in [0.3, 0.4) is 0 Å². The Hall–Kier alpha value is -0.570. The lowest BCUT2D eigenvalue weighted by molar-refractivity contribution is -0.120. The minimum Gasteiger partial charge on any atom is -0.355 e. The molecular weight excluding hydrogens is 188 g/mol. The largest absolute Gasteiger partial charge is 0.355 e. The van der Waals surface area contributed by atoms with Crippen molar-refractivity contribution in [2.45, 2.75) is 34.6 Å². The molecule has 0 aromatic heterocycles. The van der Waals surface area contributed by atoms with Crippen LogP contribution in [0.5, 0.6) is 0 Å². The molecule has 0 aromatic rings. The van der Waals surface area contributed by atoms with E-state index in [2.05, 4.69) is 38.3 Å². The Morgan fingerprint density at radius 2 is 1.73 bits per heavy atom. The molecular formula is C12H24N2O. The highest BCUT2D eigenvalue weighted by Crippen LogP contribution is 2.67. The van der Waals surface area contributed by atoms with Gasteiger partial charge in [0.05, 0.1) is 6.54 Å². The molecule has 0 bridgehead atoms. The number of nitrogens with one attached hydrogen (secondary N) is 2. The number of carbonyl (C=O) groups excluding carboxylic acids is 1. The molecule has 3 heteroatoms. The molecule has 0 aliphatic heterocycles. The number of hydrogen-bond donors (Lipinski definition) is 2. The first-order valence-corrected chi connectivity index (χ1v) is 5.81. The Bertz CT molecular complexity index is 232. The van der Waals surface area contributed by atoms with Crippen LogP contribution in [0, 0.1) is 16.7 Å². The highest BCUT2D eigenvalue weighted by Gasteiger charge is 2.63. The summed E-state index contributed by atoms with van der Waals surface area (Å²) in [7, 11) is 0. The number of carbonyl (C=O) groups is 1. The van der Waals surface area contributed by atoms with E-state index in [1.807, 2.05) is 6.92 Å². The van der Waals surface area contributed by atoms with Crippen molar-refractivity contribution >= 4 is 5.91 Å². The fourth-order valence-corrected chi connectivity index (χ4v) is 2.43. The Morgan fingerprint density at radius 3 is 2.13 bits per heavy atom. The monoisotopic (exact) mass is 212 g/mol. The quantitative estimate of drug-likeness (QED) is 0.723. The molecule has 0 heterocycles. The predicted octanol–water partition coefficient (Wildman–Crippen LogP) is 1.39. The molecule has 0 atom stereocenters. The smallest absolute Gasteiger partial charge is 0.233 e. The summed E-state index contributed by atoms with van der Waals surface area (Å²) in [6, 6.07) is 0. The summed E-state index contributed by atoms with van der Waals surface area (Å²) >= 11 is 0. The standard InChI is InChI=1S/C12H24N2O/c1-6-14-10(15)8-13-7-9-11(2,3)12(9,4)5/h9,13H,6-8H2,1-5H3,(H,14,15). The Kier molecular flexibility index (Phi) is 3.44. The van der Waals surface area contributed by atoms with Gasteiger partial charge in [0.1, 0.15) is 0 Å². The van der Waals surface area contributed by atoms with Crippen molar-refractivity contribution in [3.05, 3.63) is 0 Å². The Morgan fingerprint density at radius 1 is 1.20 bits per heavy atom. The predicted molar refractivity (Wildman–Crippen MR) is 62.6 cm³/mol. The highest BCUT2D eigenvalue weighted by atomic mass is 16.1. The third-order valence-electron chi connectivity index (χ3n) is 4.33.